The van der Waals surface area contributed by atoms with E-state index in [1.165, 1.54) is 0 Å². The molecule has 2 aromatic rings. The first-order valence-corrected chi connectivity index (χ1v) is 6.99. The lowest BCUT2D eigenvalue weighted by atomic mass is 9.90. The number of halogens is 1. The molecule has 0 saturated carbocycles. The quantitative estimate of drug-likeness (QED) is 0.861. The Morgan fingerprint density at radius 2 is 2.15 bits per heavy atom. The number of carbonyl (C=O) groups is 1. The van der Waals surface area contributed by atoms with E-state index in [9.17, 15) is 4.79 Å². The molecule has 0 N–H and O–H groups in total. The fraction of sp³-hybridized carbons (Fsp3) is 0.250. The van der Waals surface area contributed by atoms with Gasteiger partial charge in [0.25, 0.3) is 0 Å². The van der Waals surface area contributed by atoms with Gasteiger partial charge >= 0.3 is 0 Å². The van der Waals surface area contributed by atoms with Crippen molar-refractivity contribution < 1.29 is 9.53 Å². The van der Waals surface area contributed by atoms with Gasteiger partial charge in [0.05, 0.1) is 5.02 Å². The highest BCUT2D eigenvalue weighted by Crippen LogP contribution is 2.26. The fourth-order valence-corrected chi connectivity index (χ4v) is 2.57. The summed E-state index contributed by atoms with van der Waals surface area (Å²) in [6.07, 6.45) is 5.81. The minimum Gasteiger partial charge on any atom is -0.489 e. The van der Waals surface area contributed by atoms with Gasteiger partial charge in [-0.25, -0.2) is 0 Å². The number of rotatable bonds is 3. The van der Waals surface area contributed by atoms with Crippen LogP contribution in [0.25, 0.3) is 0 Å². The standard InChI is InChI=1S/C16H14ClNO2/c17-15-9-18-7-6-12(15)10-20-13-4-5-14-11(8-13)2-1-3-16(14)19/h4-9H,1-3,10H2. The second kappa shape index (κ2) is 5.63. The summed E-state index contributed by atoms with van der Waals surface area (Å²) in [6, 6.07) is 7.50. The van der Waals surface area contributed by atoms with E-state index in [2.05, 4.69) is 4.98 Å². The van der Waals surface area contributed by atoms with Crippen molar-refractivity contribution >= 4 is 17.4 Å². The van der Waals surface area contributed by atoms with Crippen LogP contribution in [-0.2, 0) is 13.0 Å². The van der Waals surface area contributed by atoms with Gasteiger partial charge in [-0.1, -0.05) is 11.6 Å². The maximum Gasteiger partial charge on any atom is 0.163 e. The monoisotopic (exact) mass is 287 g/mol. The molecule has 1 aromatic heterocycles. The number of hydrogen-bond acceptors (Lipinski definition) is 3. The summed E-state index contributed by atoms with van der Waals surface area (Å²) in [4.78, 5) is 15.7. The van der Waals surface area contributed by atoms with Crippen molar-refractivity contribution in [3.05, 3.63) is 58.4 Å². The molecule has 3 rings (SSSR count). The number of benzene rings is 1. The van der Waals surface area contributed by atoms with E-state index in [1.54, 1.807) is 12.4 Å². The van der Waals surface area contributed by atoms with Crippen molar-refractivity contribution in [1.29, 1.82) is 0 Å². The normalized spacial score (nSPS) is 13.9. The van der Waals surface area contributed by atoms with Crippen LogP contribution >= 0.6 is 11.6 Å². The van der Waals surface area contributed by atoms with Crippen LogP contribution in [0.5, 0.6) is 5.75 Å². The van der Waals surface area contributed by atoms with Crippen LogP contribution in [-0.4, -0.2) is 10.8 Å². The Bertz CT molecular complexity index is 655. The minimum atomic E-state index is 0.231. The Hall–Kier alpha value is -1.87. The maximum absolute atomic E-state index is 11.8. The van der Waals surface area contributed by atoms with Gasteiger partial charge in [-0.05, 0) is 42.7 Å². The summed E-state index contributed by atoms with van der Waals surface area (Å²) < 4.78 is 5.75. The highest BCUT2D eigenvalue weighted by atomic mass is 35.5. The summed E-state index contributed by atoms with van der Waals surface area (Å²) in [5.41, 5.74) is 2.82. The van der Waals surface area contributed by atoms with E-state index in [0.717, 1.165) is 35.3 Å². The highest BCUT2D eigenvalue weighted by molar-refractivity contribution is 6.31. The van der Waals surface area contributed by atoms with Gasteiger partial charge in [0, 0.05) is 29.9 Å². The van der Waals surface area contributed by atoms with Gasteiger partial charge in [-0.15, -0.1) is 0 Å². The molecule has 0 fully saturated rings. The molecule has 0 spiro atoms. The molecule has 0 saturated heterocycles. The summed E-state index contributed by atoms with van der Waals surface area (Å²) in [6.45, 7) is 0.397. The molecule has 0 atom stereocenters. The summed E-state index contributed by atoms with van der Waals surface area (Å²) in [7, 11) is 0. The van der Waals surface area contributed by atoms with Crippen LogP contribution < -0.4 is 4.74 Å². The smallest absolute Gasteiger partial charge is 0.163 e. The predicted molar refractivity (Wildman–Crippen MR) is 77.3 cm³/mol. The third kappa shape index (κ3) is 2.68. The molecule has 0 bridgehead atoms. The second-order valence-corrected chi connectivity index (χ2v) is 5.26. The summed E-state index contributed by atoms with van der Waals surface area (Å²) >= 11 is 6.04. The van der Waals surface area contributed by atoms with E-state index in [-0.39, 0.29) is 5.78 Å². The zero-order chi connectivity index (χ0) is 13.9. The minimum absolute atomic E-state index is 0.231. The summed E-state index contributed by atoms with van der Waals surface area (Å²) in [5.74, 6) is 1.00. The molecule has 0 radical (unpaired) electrons. The Morgan fingerprint density at radius 1 is 1.25 bits per heavy atom. The number of Topliss-reactive ketones (excluding diaryl/α,β-unsaturated/α-hetero) is 1. The number of fused-ring (bicyclic) bond motifs is 1. The molecular formula is C16H14ClNO2. The van der Waals surface area contributed by atoms with Crippen molar-refractivity contribution in [2.75, 3.05) is 0 Å². The number of aromatic nitrogens is 1. The summed E-state index contributed by atoms with van der Waals surface area (Å²) in [5, 5.41) is 0.598. The van der Waals surface area contributed by atoms with E-state index in [0.29, 0.717) is 18.1 Å². The Labute approximate surface area is 122 Å². The third-order valence-electron chi connectivity index (χ3n) is 3.48. The number of aryl methyl sites for hydroxylation is 1. The SMILES string of the molecule is O=C1CCCc2cc(OCc3ccncc3Cl)ccc21. The molecule has 3 nitrogen and oxygen atoms in total. The second-order valence-electron chi connectivity index (χ2n) is 4.85. The zero-order valence-electron chi connectivity index (χ0n) is 10.9. The largest absolute Gasteiger partial charge is 0.489 e. The number of nitrogens with zero attached hydrogens (tertiary/aromatic N) is 1. The molecule has 1 aliphatic rings. The van der Waals surface area contributed by atoms with Crippen LogP contribution in [0.15, 0.2) is 36.7 Å². The van der Waals surface area contributed by atoms with Gasteiger partial charge in [-0.3, -0.25) is 9.78 Å². The molecule has 1 aliphatic carbocycles. The van der Waals surface area contributed by atoms with Crippen LogP contribution in [0.2, 0.25) is 5.02 Å². The van der Waals surface area contributed by atoms with Crippen molar-refractivity contribution in [2.24, 2.45) is 0 Å². The fourth-order valence-electron chi connectivity index (χ4n) is 2.39. The number of ketones is 1. The Kier molecular flexibility index (Phi) is 3.70. The van der Waals surface area contributed by atoms with Crippen molar-refractivity contribution in [2.45, 2.75) is 25.9 Å². The molecule has 1 aromatic carbocycles. The zero-order valence-corrected chi connectivity index (χ0v) is 11.7. The lowest BCUT2D eigenvalue weighted by molar-refractivity contribution is 0.0972. The van der Waals surface area contributed by atoms with E-state index >= 15 is 0 Å². The number of ether oxygens (including phenoxy) is 1. The topological polar surface area (TPSA) is 39.2 Å². The first-order chi connectivity index (χ1) is 9.74. The Morgan fingerprint density at radius 3 is 3.00 bits per heavy atom. The van der Waals surface area contributed by atoms with Crippen molar-refractivity contribution in [3.8, 4) is 5.75 Å². The van der Waals surface area contributed by atoms with E-state index < -0.39 is 0 Å². The van der Waals surface area contributed by atoms with Gasteiger partial charge in [0.15, 0.2) is 5.78 Å². The predicted octanol–water partition coefficient (Wildman–Crippen LogP) is 3.83. The molecule has 1 heterocycles. The first kappa shape index (κ1) is 13.1. The van der Waals surface area contributed by atoms with Crippen LogP contribution in [0, 0.1) is 0 Å². The van der Waals surface area contributed by atoms with E-state index in [1.807, 2.05) is 24.3 Å². The number of carbonyl (C=O) groups excluding carboxylic acids is 1. The average Bonchev–Trinajstić information content (AvgIpc) is 2.46. The Balaban J connectivity index is 1.76. The highest BCUT2D eigenvalue weighted by Gasteiger charge is 2.17. The molecular weight excluding hydrogens is 274 g/mol. The molecule has 4 heteroatoms. The van der Waals surface area contributed by atoms with Gasteiger partial charge in [0.2, 0.25) is 0 Å². The number of hydrogen-bond donors (Lipinski definition) is 0. The van der Waals surface area contributed by atoms with Crippen LogP contribution in [0.3, 0.4) is 0 Å². The molecule has 0 amide bonds. The molecule has 102 valence electrons. The first-order valence-electron chi connectivity index (χ1n) is 6.61. The van der Waals surface area contributed by atoms with Gasteiger partial charge in [-0.2, -0.15) is 0 Å². The van der Waals surface area contributed by atoms with Crippen molar-refractivity contribution in [1.82, 2.24) is 4.98 Å². The molecule has 0 aliphatic heterocycles. The molecule has 0 unspecified atom stereocenters. The maximum atomic E-state index is 11.8. The van der Waals surface area contributed by atoms with E-state index in [4.69, 9.17) is 16.3 Å². The lowest BCUT2D eigenvalue weighted by Gasteiger charge is -2.16. The van der Waals surface area contributed by atoms with Gasteiger partial charge in [0.1, 0.15) is 12.4 Å². The molecule has 20 heavy (non-hydrogen) atoms. The lowest BCUT2D eigenvalue weighted by Crippen LogP contribution is -2.10. The van der Waals surface area contributed by atoms with Crippen LogP contribution in [0.4, 0.5) is 0 Å². The number of pyridine rings is 1. The third-order valence-corrected chi connectivity index (χ3v) is 3.82. The average molecular weight is 288 g/mol. The van der Waals surface area contributed by atoms with Gasteiger partial charge < -0.3 is 4.74 Å². The van der Waals surface area contributed by atoms with Crippen LogP contribution in [0.1, 0.15) is 34.3 Å². The van der Waals surface area contributed by atoms with Crippen molar-refractivity contribution in [3.63, 3.8) is 0 Å².